The number of amides is 4. The van der Waals surface area contributed by atoms with Crippen molar-refractivity contribution in [3.63, 3.8) is 0 Å². The number of thioether (sulfide) groups is 1. The van der Waals surface area contributed by atoms with Gasteiger partial charge in [-0.1, -0.05) is 43.8 Å². The zero-order chi connectivity index (χ0) is 19.6. The molecule has 0 aliphatic rings. The molecule has 0 radical (unpaired) electrons. The molecule has 4 amide bonds. The fourth-order valence-electron chi connectivity index (χ4n) is 1.37. The van der Waals surface area contributed by atoms with Crippen LogP contribution in [0.25, 0.3) is 0 Å². The van der Waals surface area contributed by atoms with Crippen LogP contribution in [-0.4, -0.2) is 17.8 Å². The number of carbonyl (C=O) groups excluding carboxylic acids is 3. The summed E-state index contributed by atoms with van der Waals surface area (Å²) in [4.78, 5) is 33.6. The van der Waals surface area contributed by atoms with E-state index in [1.165, 1.54) is 6.07 Å². The lowest BCUT2D eigenvalue weighted by Crippen LogP contribution is -2.29. The molecule has 0 spiro atoms. The summed E-state index contributed by atoms with van der Waals surface area (Å²) in [5, 5.41) is 4.54. The molecule has 0 saturated carbocycles. The van der Waals surface area contributed by atoms with Gasteiger partial charge in [-0.25, -0.2) is 9.18 Å². The van der Waals surface area contributed by atoms with Crippen molar-refractivity contribution < 1.29 is 18.8 Å². The Labute approximate surface area is 153 Å². The van der Waals surface area contributed by atoms with E-state index in [1.807, 2.05) is 13.8 Å². The second-order valence-corrected chi connectivity index (χ2v) is 5.58. The maximum atomic E-state index is 13.6. The highest BCUT2D eigenvalue weighted by Gasteiger charge is 2.14. The normalized spacial score (nSPS) is 10.2. The molecule has 0 saturated heterocycles. The number of carbonyl (C=O) groups is 3. The number of halogens is 2. The predicted octanol–water partition coefficient (Wildman–Crippen LogP) is 2.43. The van der Waals surface area contributed by atoms with Crippen LogP contribution in [0.15, 0.2) is 40.9 Å². The van der Waals surface area contributed by atoms with Crippen LogP contribution in [0.4, 0.5) is 9.18 Å². The third-order valence-electron chi connectivity index (χ3n) is 2.18. The number of hydrogen-bond acceptors (Lipinski definition) is 4. The maximum absolute atomic E-state index is 13.6. The largest absolute Gasteiger partial charge is 0.366 e. The lowest BCUT2D eigenvalue weighted by atomic mass is 10.2. The second-order valence-electron chi connectivity index (χ2n) is 4.00. The van der Waals surface area contributed by atoms with Crippen molar-refractivity contribution in [2.75, 3.05) is 0 Å². The number of urea groups is 1. The summed E-state index contributed by atoms with van der Waals surface area (Å²) in [5.74, 6) is -2.42. The van der Waals surface area contributed by atoms with E-state index < -0.39 is 23.7 Å². The first-order chi connectivity index (χ1) is 11.7. The van der Waals surface area contributed by atoms with Crippen LogP contribution in [0.1, 0.15) is 24.2 Å². The minimum Gasteiger partial charge on any atom is -0.366 e. The van der Waals surface area contributed by atoms with E-state index in [-0.39, 0.29) is 20.6 Å². The number of primary amides is 2. The van der Waals surface area contributed by atoms with Gasteiger partial charge >= 0.3 is 6.03 Å². The Morgan fingerprint density at radius 2 is 1.84 bits per heavy atom. The van der Waals surface area contributed by atoms with Crippen LogP contribution >= 0.6 is 23.4 Å². The van der Waals surface area contributed by atoms with Gasteiger partial charge in [0.1, 0.15) is 5.82 Å². The average Bonchev–Trinajstić information content (AvgIpc) is 2.50. The van der Waals surface area contributed by atoms with Crippen molar-refractivity contribution in [3.05, 3.63) is 57.3 Å². The number of hydrogen-bond donors (Lipinski definition) is 4. The van der Waals surface area contributed by atoms with Crippen LogP contribution < -0.4 is 22.1 Å². The summed E-state index contributed by atoms with van der Waals surface area (Å²) in [7, 11) is 0. The molecule has 0 fully saturated rings. The van der Waals surface area contributed by atoms with Crippen LogP contribution in [0.2, 0.25) is 5.02 Å². The topological polar surface area (TPSA) is 127 Å². The molecule has 7 nitrogen and oxygen atoms in total. The molecule has 0 bridgehead atoms. The summed E-state index contributed by atoms with van der Waals surface area (Å²) in [6.45, 7) is 7.52. The third-order valence-corrected chi connectivity index (χ3v) is 3.20. The van der Waals surface area contributed by atoms with Gasteiger partial charge < -0.3 is 22.1 Å². The zero-order valence-corrected chi connectivity index (χ0v) is 15.1. The van der Waals surface area contributed by atoms with E-state index in [2.05, 4.69) is 17.2 Å². The van der Waals surface area contributed by atoms with Crippen molar-refractivity contribution in [1.29, 1.82) is 0 Å². The van der Waals surface area contributed by atoms with E-state index in [1.54, 1.807) is 0 Å². The van der Waals surface area contributed by atoms with Crippen molar-refractivity contribution >= 4 is 41.2 Å². The molecule has 0 heterocycles. The molecule has 10 heteroatoms. The zero-order valence-electron chi connectivity index (χ0n) is 13.6. The number of rotatable bonds is 6. The van der Waals surface area contributed by atoms with Gasteiger partial charge in [-0.05, 0) is 18.2 Å². The first-order valence-corrected chi connectivity index (χ1v) is 8.09. The first-order valence-electron chi connectivity index (χ1n) is 6.89. The van der Waals surface area contributed by atoms with Gasteiger partial charge in [0.05, 0.1) is 15.6 Å². The highest BCUT2D eigenvalue weighted by Crippen LogP contribution is 2.21. The Balaban J connectivity index is 0.00000277. The molecule has 0 unspecified atom stereocenters. The molecule has 136 valence electrons. The van der Waals surface area contributed by atoms with Gasteiger partial charge in [-0.3, -0.25) is 9.59 Å². The van der Waals surface area contributed by atoms with Gasteiger partial charge in [-0.2, -0.15) is 0 Å². The van der Waals surface area contributed by atoms with Gasteiger partial charge in [0, 0.05) is 11.1 Å². The SMILES string of the molecule is C=C(NC(=O)c1cc(Cl)ccc1F)S/C(=C/C(N)=O)NC(N)=O.CC. The molecule has 0 aliphatic carbocycles. The molecule has 0 aromatic heterocycles. The Morgan fingerprint density at radius 1 is 1.24 bits per heavy atom. The summed E-state index contributed by atoms with van der Waals surface area (Å²) in [6, 6.07) is 2.54. The standard InChI is InChI=1S/C13H12ClFN4O3S.C2H6/c1-6(23-11(5-10(16)20)19-13(17)22)18-12(21)8-4-7(14)2-3-9(8)15;1-2/h2-5H,1H2,(H2,16,20)(H,18,21)(H3,17,19,22);1-2H3/b11-5+;. The van der Waals surface area contributed by atoms with E-state index in [4.69, 9.17) is 23.1 Å². The van der Waals surface area contributed by atoms with E-state index in [0.29, 0.717) is 11.8 Å². The van der Waals surface area contributed by atoms with Crippen LogP contribution in [-0.2, 0) is 4.79 Å². The Kier molecular flexibility index (Phi) is 9.99. The van der Waals surface area contributed by atoms with Crippen molar-refractivity contribution in [1.82, 2.24) is 10.6 Å². The summed E-state index contributed by atoms with van der Waals surface area (Å²) >= 11 is 6.40. The predicted molar refractivity (Wildman–Crippen MR) is 97.0 cm³/mol. The average molecular weight is 389 g/mol. The van der Waals surface area contributed by atoms with Crippen molar-refractivity contribution in [2.24, 2.45) is 11.5 Å². The molecule has 25 heavy (non-hydrogen) atoms. The van der Waals surface area contributed by atoms with Crippen molar-refractivity contribution in [3.8, 4) is 0 Å². The smallest absolute Gasteiger partial charge is 0.317 e. The number of nitrogens with one attached hydrogen (secondary N) is 2. The molecular formula is C15H18ClFN4O3S. The van der Waals surface area contributed by atoms with E-state index in [9.17, 15) is 18.8 Å². The molecule has 0 aliphatic heterocycles. The maximum Gasteiger partial charge on any atom is 0.317 e. The lowest BCUT2D eigenvalue weighted by molar-refractivity contribution is -0.113. The fourth-order valence-corrected chi connectivity index (χ4v) is 2.27. The Hall–Kier alpha value is -2.52. The van der Waals surface area contributed by atoms with Crippen LogP contribution in [0, 0.1) is 5.82 Å². The summed E-state index contributed by atoms with van der Waals surface area (Å²) in [6.07, 6.45) is 0.882. The summed E-state index contributed by atoms with van der Waals surface area (Å²) < 4.78 is 13.6. The highest BCUT2D eigenvalue weighted by molar-refractivity contribution is 8.06. The third kappa shape index (κ3) is 8.77. The number of nitrogens with two attached hydrogens (primary N) is 2. The Bertz CT molecular complexity index is 710. The van der Waals surface area contributed by atoms with Crippen molar-refractivity contribution in [2.45, 2.75) is 13.8 Å². The molecule has 0 atom stereocenters. The van der Waals surface area contributed by atoms with Crippen LogP contribution in [0.3, 0.4) is 0 Å². The number of benzene rings is 1. The quantitative estimate of drug-likeness (QED) is 0.558. The van der Waals surface area contributed by atoms with Gasteiger partial charge in [0.15, 0.2) is 0 Å². The van der Waals surface area contributed by atoms with E-state index >= 15 is 0 Å². The monoisotopic (exact) mass is 388 g/mol. The lowest BCUT2D eigenvalue weighted by Gasteiger charge is -2.11. The van der Waals surface area contributed by atoms with Gasteiger partial charge in [-0.15, -0.1) is 0 Å². The molecule has 1 aromatic carbocycles. The second kappa shape index (κ2) is 11.1. The Morgan fingerprint density at radius 3 is 2.36 bits per heavy atom. The highest BCUT2D eigenvalue weighted by atomic mass is 35.5. The minimum absolute atomic E-state index is 0.00405. The van der Waals surface area contributed by atoms with Gasteiger partial charge in [0.25, 0.3) is 5.91 Å². The fraction of sp³-hybridized carbons (Fsp3) is 0.133. The minimum atomic E-state index is -0.940. The van der Waals surface area contributed by atoms with Crippen LogP contribution in [0.5, 0.6) is 0 Å². The molecular weight excluding hydrogens is 371 g/mol. The summed E-state index contributed by atoms with van der Waals surface area (Å²) in [5.41, 5.74) is 9.62. The van der Waals surface area contributed by atoms with Gasteiger partial charge in [0.2, 0.25) is 5.91 Å². The first kappa shape index (κ1) is 22.5. The molecule has 1 rings (SSSR count). The molecule has 6 N–H and O–H groups in total. The molecule has 1 aromatic rings. The van der Waals surface area contributed by atoms with E-state index in [0.717, 1.165) is 18.2 Å².